The van der Waals surface area contributed by atoms with Crippen LogP contribution in [-0.2, 0) is 5.41 Å². The predicted octanol–water partition coefficient (Wildman–Crippen LogP) is 3.41. The van der Waals surface area contributed by atoms with Gasteiger partial charge in [0.15, 0.2) is 0 Å². The first-order valence-corrected chi connectivity index (χ1v) is 5.98. The fourth-order valence-corrected chi connectivity index (χ4v) is 2.65. The van der Waals surface area contributed by atoms with E-state index in [2.05, 4.69) is 50.4 Å². The van der Waals surface area contributed by atoms with Crippen molar-refractivity contribution in [2.75, 3.05) is 6.54 Å². The molecule has 1 aromatic rings. The third-order valence-corrected chi connectivity index (χ3v) is 3.42. The van der Waals surface area contributed by atoms with Gasteiger partial charge in [-0.2, -0.15) is 0 Å². The molecule has 15 heavy (non-hydrogen) atoms. The van der Waals surface area contributed by atoms with E-state index in [1.165, 1.54) is 24.0 Å². The van der Waals surface area contributed by atoms with Crippen LogP contribution in [0, 0.1) is 0 Å². The van der Waals surface area contributed by atoms with Crippen LogP contribution in [0.2, 0.25) is 0 Å². The molecule has 1 N–H and O–H groups in total. The zero-order valence-corrected chi connectivity index (χ0v) is 10.0. The normalized spacial score (nSPS) is 22.7. The summed E-state index contributed by atoms with van der Waals surface area (Å²) in [7, 11) is 0. The van der Waals surface area contributed by atoms with Gasteiger partial charge >= 0.3 is 0 Å². The van der Waals surface area contributed by atoms with Crippen LogP contribution in [0.3, 0.4) is 0 Å². The van der Waals surface area contributed by atoms with E-state index < -0.39 is 0 Å². The predicted molar refractivity (Wildman–Crippen MR) is 65.1 cm³/mol. The van der Waals surface area contributed by atoms with Crippen LogP contribution < -0.4 is 5.32 Å². The lowest BCUT2D eigenvalue weighted by Gasteiger charge is -2.19. The quantitative estimate of drug-likeness (QED) is 0.794. The molecule has 1 aliphatic rings. The number of benzene rings is 1. The Kier molecular flexibility index (Phi) is 2.83. The summed E-state index contributed by atoms with van der Waals surface area (Å²) in [4.78, 5) is 0. The molecule has 1 nitrogen and oxygen atoms in total. The fourth-order valence-electron chi connectivity index (χ4n) is 2.65. The van der Waals surface area contributed by atoms with Gasteiger partial charge in [-0.05, 0) is 35.9 Å². The minimum atomic E-state index is 0.335. The third kappa shape index (κ3) is 1.93. The zero-order chi connectivity index (χ0) is 10.9. The van der Waals surface area contributed by atoms with Gasteiger partial charge in [0.25, 0.3) is 0 Å². The van der Waals surface area contributed by atoms with Gasteiger partial charge < -0.3 is 5.32 Å². The summed E-state index contributed by atoms with van der Waals surface area (Å²) < 4.78 is 0. The number of hydrogen-bond acceptors (Lipinski definition) is 1. The highest BCUT2D eigenvalue weighted by Gasteiger charge is 2.35. The molecule has 0 radical (unpaired) electrons. The first-order chi connectivity index (χ1) is 7.15. The van der Waals surface area contributed by atoms with E-state index in [0.29, 0.717) is 11.5 Å². The summed E-state index contributed by atoms with van der Waals surface area (Å²) in [6.07, 6.45) is 2.44. The smallest absolute Gasteiger partial charge is 0.0331 e. The molecule has 0 heterocycles. The highest BCUT2D eigenvalue weighted by Crippen LogP contribution is 2.44. The summed E-state index contributed by atoms with van der Waals surface area (Å²) in [6, 6.07) is 9.43. The Morgan fingerprint density at radius 3 is 2.80 bits per heavy atom. The number of rotatable bonds is 3. The highest BCUT2D eigenvalue weighted by atomic mass is 14.9. The van der Waals surface area contributed by atoms with Gasteiger partial charge in [-0.15, -0.1) is 0 Å². The molecule has 1 aromatic carbocycles. The van der Waals surface area contributed by atoms with Gasteiger partial charge in [0.2, 0.25) is 0 Å². The van der Waals surface area contributed by atoms with E-state index >= 15 is 0 Å². The van der Waals surface area contributed by atoms with E-state index in [9.17, 15) is 0 Å². The fraction of sp³-hybridized carbons (Fsp3) is 0.571. The number of hydrogen-bond donors (Lipinski definition) is 1. The van der Waals surface area contributed by atoms with E-state index in [1.54, 1.807) is 0 Å². The zero-order valence-electron chi connectivity index (χ0n) is 10.0. The molecule has 0 bridgehead atoms. The van der Waals surface area contributed by atoms with Crippen LogP contribution in [0.5, 0.6) is 0 Å². The van der Waals surface area contributed by atoms with Gasteiger partial charge in [-0.3, -0.25) is 0 Å². The van der Waals surface area contributed by atoms with Crippen molar-refractivity contribution in [1.29, 1.82) is 0 Å². The molecule has 1 heteroatoms. The molecule has 0 aliphatic heterocycles. The Balaban J connectivity index is 2.26. The molecule has 0 saturated heterocycles. The van der Waals surface area contributed by atoms with Crippen LogP contribution in [0.4, 0.5) is 0 Å². The van der Waals surface area contributed by atoms with Gasteiger partial charge in [0.05, 0.1) is 0 Å². The second-order valence-electron chi connectivity index (χ2n) is 5.18. The van der Waals surface area contributed by atoms with Gasteiger partial charge in [0.1, 0.15) is 0 Å². The minimum Gasteiger partial charge on any atom is -0.310 e. The molecule has 2 rings (SSSR count). The van der Waals surface area contributed by atoms with Crippen molar-refractivity contribution in [3.63, 3.8) is 0 Å². The van der Waals surface area contributed by atoms with Gasteiger partial charge in [-0.1, -0.05) is 45.0 Å². The van der Waals surface area contributed by atoms with E-state index in [-0.39, 0.29) is 0 Å². The van der Waals surface area contributed by atoms with Crippen LogP contribution in [0.1, 0.15) is 50.8 Å². The van der Waals surface area contributed by atoms with Crippen molar-refractivity contribution in [2.45, 2.75) is 45.1 Å². The molecule has 0 spiro atoms. The van der Waals surface area contributed by atoms with Crippen molar-refractivity contribution in [3.05, 3.63) is 35.4 Å². The molecule has 1 unspecified atom stereocenters. The Hall–Kier alpha value is -0.820. The van der Waals surface area contributed by atoms with E-state index in [1.807, 2.05) is 0 Å². The maximum atomic E-state index is 3.64. The maximum Gasteiger partial charge on any atom is 0.0331 e. The maximum absolute atomic E-state index is 3.64. The monoisotopic (exact) mass is 203 g/mol. The average Bonchev–Trinajstić information content (AvgIpc) is 2.49. The van der Waals surface area contributed by atoms with Crippen molar-refractivity contribution >= 4 is 0 Å². The first-order valence-electron chi connectivity index (χ1n) is 5.98. The van der Waals surface area contributed by atoms with E-state index in [0.717, 1.165) is 6.54 Å². The largest absolute Gasteiger partial charge is 0.310 e. The molecule has 0 amide bonds. The van der Waals surface area contributed by atoms with E-state index in [4.69, 9.17) is 0 Å². The number of fused-ring (bicyclic) bond motifs is 1. The van der Waals surface area contributed by atoms with Crippen LogP contribution in [-0.4, -0.2) is 6.54 Å². The first kappa shape index (κ1) is 10.7. The van der Waals surface area contributed by atoms with Crippen molar-refractivity contribution < 1.29 is 0 Å². The van der Waals surface area contributed by atoms with Gasteiger partial charge in [-0.25, -0.2) is 0 Å². The molecule has 0 fully saturated rings. The topological polar surface area (TPSA) is 12.0 Å². The van der Waals surface area contributed by atoms with Crippen molar-refractivity contribution in [1.82, 2.24) is 5.32 Å². The highest BCUT2D eigenvalue weighted by molar-refractivity contribution is 5.40. The summed E-state index contributed by atoms with van der Waals surface area (Å²) in [6.45, 7) is 8.03. The second kappa shape index (κ2) is 3.97. The lowest BCUT2D eigenvalue weighted by Crippen LogP contribution is -2.22. The van der Waals surface area contributed by atoms with Gasteiger partial charge in [0, 0.05) is 6.04 Å². The lowest BCUT2D eigenvalue weighted by atomic mass is 9.86. The van der Waals surface area contributed by atoms with Crippen LogP contribution >= 0.6 is 0 Å². The van der Waals surface area contributed by atoms with Crippen LogP contribution in [0.25, 0.3) is 0 Å². The summed E-state index contributed by atoms with van der Waals surface area (Å²) in [5, 5.41) is 3.64. The Bertz CT molecular complexity index is 341. The summed E-state index contributed by atoms with van der Waals surface area (Å²) in [5.41, 5.74) is 3.37. The Morgan fingerprint density at radius 1 is 1.33 bits per heavy atom. The lowest BCUT2D eigenvalue weighted by molar-refractivity contribution is 0.427. The SMILES string of the molecule is CCCNC1CC(C)(C)c2ccccc21. The minimum absolute atomic E-state index is 0.335. The summed E-state index contributed by atoms with van der Waals surface area (Å²) in [5.74, 6) is 0. The Morgan fingerprint density at radius 2 is 2.07 bits per heavy atom. The number of nitrogens with one attached hydrogen (secondary N) is 1. The van der Waals surface area contributed by atoms with Crippen LogP contribution in [0.15, 0.2) is 24.3 Å². The Labute approximate surface area is 92.9 Å². The molecule has 1 atom stereocenters. The second-order valence-corrected chi connectivity index (χ2v) is 5.18. The molecular formula is C14H21N. The molecule has 0 aromatic heterocycles. The third-order valence-electron chi connectivity index (χ3n) is 3.42. The average molecular weight is 203 g/mol. The molecular weight excluding hydrogens is 182 g/mol. The van der Waals surface area contributed by atoms with Crippen molar-refractivity contribution in [3.8, 4) is 0 Å². The molecule has 1 aliphatic carbocycles. The van der Waals surface area contributed by atoms with Crippen molar-refractivity contribution in [2.24, 2.45) is 0 Å². The standard InChI is InChI=1S/C14H21N/c1-4-9-15-13-10-14(2,3)12-8-6-5-7-11(12)13/h5-8,13,15H,4,9-10H2,1-3H3. The summed E-state index contributed by atoms with van der Waals surface area (Å²) >= 11 is 0. The molecule has 0 saturated carbocycles. The molecule has 82 valence electrons.